The number of nitrogen functional groups attached to an aromatic ring is 1. The monoisotopic (exact) mass is 339 g/mol. The summed E-state index contributed by atoms with van der Waals surface area (Å²) in [5.41, 5.74) is 10.9. The molecule has 24 heavy (non-hydrogen) atoms. The number of nitrogens with zero attached hydrogens (tertiary/aromatic N) is 2. The van der Waals surface area contributed by atoms with Gasteiger partial charge in [0.05, 0.1) is 5.52 Å². The summed E-state index contributed by atoms with van der Waals surface area (Å²) in [6.45, 7) is 1.92. The molecule has 1 aromatic heterocycles. The van der Waals surface area contributed by atoms with Gasteiger partial charge in [0.15, 0.2) is 0 Å². The maximum Gasteiger partial charge on any atom is 0.134 e. The van der Waals surface area contributed by atoms with Gasteiger partial charge in [-0.05, 0) is 30.9 Å². The number of hydrogen-bond acceptors (Lipinski definition) is 3. The predicted octanol–water partition coefficient (Wildman–Crippen LogP) is 4.58. The Bertz CT molecular complexity index is 833. The summed E-state index contributed by atoms with van der Waals surface area (Å²) >= 11 is 0. The number of aromatic nitrogens is 1. The maximum atomic E-state index is 6.50. The predicted molar refractivity (Wildman–Crippen MR) is 104 cm³/mol. The minimum atomic E-state index is 0. The summed E-state index contributed by atoms with van der Waals surface area (Å²) in [6, 6.07) is 18.8. The number of fused-ring (bicyclic) bond motifs is 2. The Morgan fingerprint density at radius 1 is 0.958 bits per heavy atom. The highest BCUT2D eigenvalue weighted by molar-refractivity contribution is 5.94. The topological polar surface area (TPSA) is 42.1 Å². The Morgan fingerprint density at radius 2 is 1.71 bits per heavy atom. The smallest absolute Gasteiger partial charge is 0.134 e. The van der Waals surface area contributed by atoms with E-state index in [4.69, 9.17) is 10.7 Å². The van der Waals surface area contributed by atoms with Crippen LogP contribution in [0.2, 0.25) is 0 Å². The number of pyridine rings is 1. The average Bonchev–Trinajstić information content (AvgIpc) is 2.79. The van der Waals surface area contributed by atoms with Gasteiger partial charge in [-0.15, -0.1) is 12.4 Å². The summed E-state index contributed by atoms with van der Waals surface area (Å²) in [5, 5.41) is 1.08. The van der Waals surface area contributed by atoms with Gasteiger partial charge in [0.25, 0.3) is 0 Å². The lowest BCUT2D eigenvalue weighted by Gasteiger charge is -2.25. The Kier molecular flexibility index (Phi) is 4.91. The van der Waals surface area contributed by atoms with E-state index in [9.17, 15) is 0 Å². The molecule has 0 unspecified atom stereocenters. The van der Waals surface area contributed by atoms with E-state index in [1.54, 1.807) is 0 Å². The van der Waals surface area contributed by atoms with Crippen LogP contribution in [0.5, 0.6) is 0 Å². The van der Waals surface area contributed by atoms with Gasteiger partial charge >= 0.3 is 0 Å². The first-order valence-electron chi connectivity index (χ1n) is 8.29. The Balaban J connectivity index is 0.00000169. The molecule has 0 radical (unpaired) electrons. The second-order valence-corrected chi connectivity index (χ2v) is 6.21. The molecule has 0 bridgehead atoms. The Labute approximate surface area is 148 Å². The van der Waals surface area contributed by atoms with Crippen molar-refractivity contribution in [2.24, 2.45) is 0 Å². The van der Waals surface area contributed by atoms with E-state index in [1.807, 2.05) is 12.1 Å². The fourth-order valence-electron chi connectivity index (χ4n) is 3.44. The second kappa shape index (κ2) is 7.10. The van der Waals surface area contributed by atoms with Gasteiger partial charge in [0, 0.05) is 29.7 Å². The molecule has 124 valence electrons. The van der Waals surface area contributed by atoms with Crippen LogP contribution in [0.1, 0.15) is 24.0 Å². The van der Waals surface area contributed by atoms with Crippen LogP contribution in [-0.2, 0) is 13.0 Å². The third-order valence-corrected chi connectivity index (χ3v) is 4.64. The molecule has 3 nitrogen and oxygen atoms in total. The molecule has 3 aromatic rings. The first kappa shape index (κ1) is 16.6. The lowest BCUT2D eigenvalue weighted by molar-refractivity contribution is 0.711. The molecule has 4 rings (SSSR count). The van der Waals surface area contributed by atoms with Crippen molar-refractivity contribution < 1.29 is 0 Å². The number of hydrogen-bond donors (Lipinski definition) is 1. The Morgan fingerprint density at radius 3 is 2.54 bits per heavy atom. The quantitative estimate of drug-likeness (QED) is 0.743. The summed E-state index contributed by atoms with van der Waals surface area (Å²) < 4.78 is 0. The van der Waals surface area contributed by atoms with Gasteiger partial charge in [0.2, 0.25) is 0 Å². The molecule has 0 fully saturated rings. The van der Waals surface area contributed by atoms with Crippen molar-refractivity contribution in [3.05, 3.63) is 65.7 Å². The van der Waals surface area contributed by atoms with Crippen molar-refractivity contribution >= 4 is 34.8 Å². The maximum absolute atomic E-state index is 6.50. The molecular formula is C20H22ClN3. The van der Waals surface area contributed by atoms with E-state index in [-0.39, 0.29) is 12.4 Å². The van der Waals surface area contributed by atoms with Gasteiger partial charge in [0.1, 0.15) is 5.82 Å². The van der Waals surface area contributed by atoms with Gasteiger partial charge in [-0.25, -0.2) is 4.98 Å². The highest BCUT2D eigenvalue weighted by atomic mass is 35.5. The van der Waals surface area contributed by atoms with E-state index in [2.05, 4.69) is 47.4 Å². The molecule has 0 spiro atoms. The summed E-state index contributed by atoms with van der Waals surface area (Å²) in [5.74, 6) is 1.07. The number of rotatable bonds is 2. The van der Waals surface area contributed by atoms with Crippen molar-refractivity contribution in [1.82, 2.24) is 4.98 Å². The van der Waals surface area contributed by atoms with E-state index < -0.39 is 0 Å². The first-order valence-corrected chi connectivity index (χ1v) is 8.29. The Hall–Kier alpha value is -2.26. The molecule has 2 aromatic carbocycles. The van der Waals surface area contributed by atoms with Crippen LogP contribution in [0.3, 0.4) is 0 Å². The molecular weight excluding hydrogens is 318 g/mol. The third-order valence-electron chi connectivity index (χ3n) is 4.64. The molecule has 2 heterocycles. The lowest BCUT2D eigenvalue weighted by atomic mass is 10.0. The van der Waals surface area contributed by atoms with Crippen LogP contribution < -0.4 is 10.6 Å². The fourth-order valence-corrected chi connectivity index (χ4v) is 3.44. The largest absolute Gasteiger partial charge is 0.398 e. The number of para-hydroxylation sites is 1. The van der Waals surface area contributed by atoms with E-state index >= 15 is 0 Å². The van der Waals surface area contributed by atoms with Crippen molar-refractivity contribution in [1.29, 1.82) is 0 Å². The van der Waals surface area contributed by atoms with Gasteiger partial charge in [-0.3, -0.25) is 0 Å². The van der Waals surface area contributed by atoms with E-state index in [0.717, 1.165) is 41.9 Å². The van der Waals surface area contributed by atoms with Crippen molar-refractivity contribution in [3.63, 3.8) is 0 Å². The minimum absolute atomic E-state index is 0. The van der Waals surface area contributed by atoms with Gasteiger partial charge in [-0.2, -0.15) is 0 Å². The van der Waals surface area contributed by atoms with Crippen molar-refractivity contribution in [2.75, 3.05) is 17.2 Å². The molecule has 0 saturated heterocycles. The molecule has 1 aliphatic heterocycles. The van der Waals surface area contributed by atoms with E-state index in [0.29, 0.717) is 0 Å². The second-order valence-electron chi connectivity index (χ2n) is 6.21. The van der Waals surface area contributed by atoms with Crippen LogP contribution in [0, 0.1) is 0 Å². The molecule has 4 heteroatoms. The normalized spacial score (nSPS) is 13.9. The summed E-state index contributed by atoms with van der Waals surface area (Å²) in [4.78, 5) is 7.35. The van der Waals surface area contributed by atoms with E-state index in [1.165, 1.54) is 24.0 Å². The molecule has 2 N–H and O–H groups in total. The standard InChI is InChI=1S/C20H21N3.ClH/c21-19-16-10-4-5-12-18(16)22-20-17(19)11-6-7-13-23(20)14-15-8-2-1-3-9-15;/h1-5,8-10,12H,6-7,11,13-14H2,(H2,21,22);1H. The third kappa shape index (κ3) is 3.04. The van der Waals surface area contributed by atoms with Gasteiger partial charge < -0.3 is 10.6 Å². The molecule has 0 amide bonds. The first-order chi connectivity index (χ1) is 11.3. The van der Waals surface area contributed by atoms with Crippen LogP contribution in [0.25, 0.3) is 10.9 Å². The zero-order valence-electron chi connectivity index (χ0n) is 13.6. The molecule has 1 aliphatic rings. The molecule has 0 aliphatic carbocycles. The zero-order valence-corrected chi connectivity index (χ0v) is 14.4. The number of anilines is 2. The van der Waals surface area contributed by atoms with Gasteiger partial charge in [-0.1, -0.05) is 48.5 Å². The summed E-state index contributed by atoms with van der Waals surface area (Å²) in [6.07, 6.45) is 3.37. The van der Waals surface area contributed by atoms with Crippen LogP contribution >= 0.6 is 12.4 Å². The highest BCUT2D eigenvalue weighted by Gasteiger charge is 2.21. The highest BCUT2D eigenvalue weighted by Crippen LogP contribution is 2.34. The van der Waals surface area contributed by atoms with Crippen LogP contribution in [0.4, 0.5) is 11.5 Å². The minimum Gasteiger partial charge on any atom is -0.398 e. The number of nitrogens with two attached hydrogens (primary N) is 1. The molecule has 0 atom stereocenters. The summed E-state index contributed by atoms with van der Waals surface area (Å²) in [7, 11) is 0. The number of halogens is 1. The van der Waals surface area contributed by atoms with Crippen molar-refractivity contribution in [2.45, 2.75) is 25.8 Å². The van der Waals surface area contributed by atoms with Crippen LogP contribution in [-0.4, -0.2) is 11.5 Å². The van der Waals surface area contributed by atoms with Crippen molar-refractivity contribution in [3.8, 4) is 0 Å². The molecule has 0 saturated carbocycles. The number of benzene rings is 2. The average molecular weight is 340 g/mol. The SMILES string of the molecule is Cl.Nc1c2c(nc3ccccc13)N(Cc1ccccc1)CCCC2. The van der Waals surface area contributed by atoms with Crippen LogP contribution in [0.15, 0.2) is 54.6 Å². The fraction of sp³-hybridized carbons (Fsp3) is 0.250. The zero-order chi connectivity index (χ0) is 15.6. The lowest BCUT2D eigenvalue weighted by Crippen LogP contribution is -2.25.